The number of benzene rings is 1. The number of amides is 1. The Hall–Kier alpha value is -2.77. The Balaban J connectivity index is 1.09. The molecule has 0 saturated carbocycles. The number of aromatic nitrogens is 3. The van der Waals surface area contributed by atoms with E-state index in [9.17, 15) is 4.79 Å². The van der Waals surface area contributed by atoms with Gasteiger partial charge in [0, 0.05) is 37.8 Å². The number of carbonyl (C=O) groups is 1. The fourth-order valence-electron chi connectivity index (χ4n) is 5.04. The molecule has 1 aromatic carbocycles. The molecule has 148 valence electrons. The van der Waals surface area contributed by atoms with Gasteiger partial charge in [-0.2, -0.15) is 0 Å². The van der Waals surface area contributed by atoms with E-state index in [1.54, 1.807) is 12.5 Å². The monoisotopic (exact) mass is 389 g/mol. The van der Waals surface area contributed by atoms with Gasteiger partial charge in [0.05, 0.1) is 30.6 Å². The number of aromatic amines is 1. The Morgan fingerprint density at radius 1 is 1.14 bits per heavy atom. The number of ether oxygens (including phenoxy) is 1. The van der Waals surface area contributed by atoms with E-state index in [2.05, 4.69) is 38.1 Å². The number of imidazole rings is 1. The van der Waals surface area contributed by atoms with Crippen LogP contribution in [-0.4, -0.2) is 56.8 Å². The van der Waals surface area contributed by atoms with Crippen LogP contribution in [0.4, 0.5) is 0 Å². The summed E-state index contributed by atoms with van der Waals surface area (Å²) in [6, 6.07) is 8.58. The van der Waals surface area contributed by atoms with Gasteiger partial charge in [0.2, 0.25) is 0 Å². The van der Waals surface area contributed by atoms with Crippen LogP contribution in [0, 0.1) is 5.41 Å². The number of carbonyl (C=O) groups excluding carboxylic acids is 1. The number of fused-ring (bicyclic) bond motifs is 2. The Morgan fingerprint density at radius 2 is 2.03 bits per heavy atom. The van der Waals surface area contributed by atoms with E-state index in [1.807, 2.05) is 11.0 Å². The van der Waals surface area contributed by atoms with E-state index < -0.39 is 0 Å². The summed E-state index contributed by atoms with van der Waals surface area (Å²) >= 11 is 0. The van der Waals surface area contributed by atoms with Crippen molar-refractivity contribution in [1.29, 1.82) is 0 Å². The Labute approximate surface area is 168 Å². The SMILES string of the molecule is O=C(c1cnc2nc[nH]c2c1)N1CC2(CCN(Cc3ccc4c(c3)COC4)C2)C1. The van der Waals surface area contributed by atoms with Crippen LogP contribution in [0.1, 0.15) is 33.5 Å². The maximum absolute atomic E-state index is 12.8. The summed E-state index contributed by atoms with van der Waals surface area (Å²) in [5.74, 6) is 0.0664. The molecule has 2 aromatic heterocycles. The van der Waals surface area contributed by atoms with E-state index in [0.29, 0.717) is 11.2 Å². The van der Waals surface area contributed by atoms with Gasteiger partial charge in [0.1, 0.15) is 0 Å². The van der Waals surface area contributed by atoms with Crippen molar-refractivity contribution < 1.29 is 9.53 Å². The number of pyridine rings is 1. The molecule has 3 aliphatic rings. The van der Waals surface area contributed by atoms with Crippen LogP contribution in [0.25, 0.3) is 11.2 Å². The molecule has 2 saturated heterocycles. The molecule has 5 heterocycles. The molecule has 0 aliphatic carbocycles. The van der Waals surface area contributed by atoms with Crippen molar-refractivity contribution in [2.45, 2.75) is 26.2 Å². The van der Waals surface area contributed by atoms with Crippen molar-refractivity contribution in [2.24, 2.45) is 5.41 Å². The highest BCUT2D eigenvalue weighted by Crippen LogP contribution is 2.40. The van der Waals surface area contributed by atoms with Crippen LogP contribution in [-0.2, 0) is 24.5 Å². The van der Waals surface area contributed by atoms with Crippen LogP contribution in [0.15, 0.2) is 36.8 Å². The van der Waals surface area contributed by atoms with Crippen molar-refractivity contribution in [3.8, 4) is 0 Å². The lowest BCUT2D eigenvalue weighted by atomic mass is 9.79. The van der Waals surface area contributed by atoms with Crippen molar-refractivity contribution >= 4 is 17.1 Å². The first-order valence-electron chi connectivity index (χ1n) is 10.2. The summed E-state index contributed by atoms with van der Waals surface area (Å²) in [7, 11) is 0. The molecule has 6 rings (SSSR count). The van der Waals surface area contributed by atoms with Gasteiger partial charge in [-0.15, -0.1) is 0 Å². The fraction of sp³-hybridized carbons (Fsp3) is 0.409. The number of nitrogens with zero attached hydrogens (tertiary/aromatic N) is 4. The van der Waals surface area contributed by atoms with Crippen LogP contribution >= 0.6 is 0 Å². The first-order valence-corrected chi connectivity index (χ1v) is 10.2. The molecule has 0 unspecified atom stereocenters. The molecule has 7 nitrogen and oxygen atoms in total. The highest BCUT2D eigenvalue weighted by Gasteiger charge is 2.49. The average molecular weight is 389 g/mol. The molecule has 3 aromatic rings. The third kappa shape index (κ3) is 2.92. The summed E-state index contributed by atoms with van der Waals surface area (Å²) in [5, 5.41) is 0. The van der Waals surface area contributed by atoms with Crippen LogP contribution in [0.3, 0.4) is 0 Å². The number of H-pyrrole nitrogens is 1. The van der Waals surface area contributed by atoms with E-state index in [1.165, 1.54) is 16.7 Å². The first-order chi connectivity index (χ1) is 14.2. The van der Waals surface area contributed by atoms with Gasteiger partial charge in [-0.3, -0.25) is 9.69 Å². The van der Waals surface area contributed by atoms with E-state index in [-0.39, 0.29) is 11.3 Å². The van der Waals surface area contributed by atoms with Crippen LogP contribution in [0.5, 0.6) is 0 Å². The fourth-order valence-corrected chi connectivity index (χ4v) is 5.04. The van der Waals surface area contributed by atoms with Gasteiger partial charge >= 0.3 is 0 Å². The van der Waals surface area contributed by atoms with E-state index in [4.69, 9.17) is 4.74 Å². The summed E-state index contributed by atoms with van der Waals surface area (Å²) < 4.78 is 5.53. The quantitative estimate of drug-likeness (QED) is 0.744. The van der Waals surface area contributed by atoms with Gasteiger partial charge in [-0.05, 0) is 35.7 Å². The lowest BCUT2D eigenvalue weighted by Gasteiger charge is -2.48. The summed E-state index contributed by atoms with van der Waals surface area (Å²) in [5.41, 5.74) is 6.34. The lowest BCUT2D eigenvalue weighted by Crippen LogP contribution is -2.59. The van der Waals surface area contributed by atoms with E-state index in [0.717, 1.165) is 57.9 Å². The Kier molecular flexibility index (Phi) is 3.76. The molecular formula is C22H23N5O2. The second-order valence-electron chi connectivity index (χ2n) is 8.72. The van der Waals surface area contributed by atoms with E-state index >= 15 is 0 Å². The number of hydrogen-bond donors (Lipinski definition) is 1. The molecule has 0 bridgehead atoms. The van der Waals surface area contributed by atoms with Crippen molar-refractivity contribution in [3.05, 3.63) is 59.0 Å². The third-order valence-corrected chi connectivity index (χ3v) is 6.57. The zero-order valence-electron chi connectivity index (χ0n) is 16.2. The number of rotatable bonds is 3. The molecule has 2 fully saturated rings. The van der Waals surface area contributed by atoms with Gasteiger partial charge in [-0.1, -0.05) is 18.2 Å². The van der Waals surface area contributed by atoms with Gasteiger partial charge < -0.3 is 14.6 Å². The summed E-state index contributed by atoms with van der Waals surface area (Å²) in [4.78, 5) is 28.7. The second-order valence-corrected chi connectivity index (χ2v) is 8.72. The minimum absolute atomic E-state index is 0.0664. The minimum atomic E-state index is 0.0664. The van der Waals surface area contributed by atoms with Crippen LogP contribution in [0.2, 0.25) is 0 Å². The molecular weight excluding hydrogens is 366 g/mol. The molecule has 0 atom stereocenters. The molecule has 1 amide bonds. The highest BCUT2D eigenvalue weighted by atomic mass is 16.5. The van der Waals surface area contributed by atoms with Crippen molar-refractivity contribution in [3.63, 3.8) is 0 Å². The normalized spacial score (nSPS) is 20.3. The largest absolute Gasteiger partial charge is 0.372 e. The highest BCUT2D eigenvalue weighted by molar-refractivity contribution is 5.96. The molecule has 0 radical (unpaired) electrons. The Morgan fingerprint density at radius 3 is 2.97 bits per heavy atom. The summed E-state index contributed by atoms with van der Waals surface area (Å²) in [6.07, 6.45) is 4.39. The van der Waals surface area contributed by atoms with Gasteiger partial charge in [-0.25, -0.2) is 9.97 Å². The molecule has 7 heteroatoms. The van der Waals surface area contributed by atoms with Gasteiger partial charge in [0.15, 0.2) is 5.65 Å². The average Bonchev–Trinajstić information content (AvgIpc) is 3.44. The van der Waals surface area contributed by atoms with Crippen LogP contribution < -0.4 is 0 Å². The molecule has 1 spiro atoms. The predicted octanol–water partition coefficient (Wildman–Crippen LogP) is 2.34. The third-order valence-electron chi connectivity index (χ3n) is 6.57. The first kappa shape index (κ1) is 17.1. The maximum atomic E-state index is 12.8. The molecule has 3 aliphatic heterocycles. The maximum Gasteiger partial charge on any atom is 0.255 e. The summed E-state index contributed by atoms with van der Waals surface area (Å²) in [6.45, 7) is 6.28. The Bertz CT molecular complexity index is 1100. The van der Waals surface area contributed by atoms with Crippen molar-refractivity contribution in [1.82, 2.24) is 24.8 Å². The second kappa shape index (κ2) is 6.37. The van der Waals surface area contributed by atoms with Crippen molar-refractivity contribution in [2.75, 3.05) is 26.2 Å². The number of hydrogen-bond acceptors (Lipinski definition) is 5. The predicted molar refractivity (Wildman–Crippen MR) is 107 cm³/mol. The lowest BCUT2D eigenvalue weighted by molar-refractivity contribution is 0.0103. The molecule has 29 heavy (non-hydrogen) atoms. The number of nitrogens with one attached hydrogen (secondary N) is 1. The standard InChI is InChI=1S/C22H23N5O2/c28-21(17-6-19-20(23-7-17)25-14-24-19)27-12-22(13-27)3-4-26(11-22)8-15-1-2-16-9-29-10-18(16)5-15/h1-2,5-7,14H,3-4,8-13H2,(H,23,24,25). The zero-order valence-corrected chi connectivity index (χ0v) is 16.2. The minimum Gasteiger partial charge on any atom is -0.372 e. The topological polar surface area (TPSA) is 74.4 Å². The smallest absolute Gasteiger partial charge is 0.255 e. The molecule has 1 N–H and O–H groups in total. The zero-order chi connectivity index (χ0) is 19.4. The van der Waals surface area contributed by atoms with Gasteiger partial charge in [0.25, 0.3) is 5.91 Å². The number of likely N-dealkylation sites (tertiary alicyclic amines) is 2.